The van der Waals surface area contributed by atoms with Gasteiger partial charge in [-0.25, -0.2) is 0 Å². The number of pyridine rings is 1. The fourth-order valence-corrected chi connectivity index (χ4v) is 1.09. The third kappa shape index (κ3) is 1.02. The number of nitriles is 1. The van der Waals surface area contributed by atoms with Crippen LogP contribution in [0.2, 0.25) is 0 Å². The Bertz CT molecular complexity index is 500. The van der Waals surface area contributed by atoms with Gasteiger partial charge in [-0.2, -0.15) is 5.26 Å². The first-order valence-corrected chi connectivity index (χ1v) is 3.56. The zero-order valence-electron chi connectivity index (χ0n) is 7.28. The van der Waals surface area contributed by atoms with Crippen molar-refractivity contribution in [1.29, 1.82) is 5.26 Å². The smallest absolute Gasteiger partial charge is 0.0991 e. The summed E-state index contributed by atoms with van der Waals surface area (Å²) in [5, 5.41) is 10.5. The second kappa shape index (κ2) is 2.63. The zero-order valence-corrected chi connectivity index (χ0v) is 6.28. The number of fused-ring (bicyclic) bond motifs is 1. The molecule has 0 atom stereocenters. The van der Waals surface area contributed by atoms with E-state index in [1.165, 1.54) is 0 Å². The van der Waals surface area contributed by atoms with Crippen molar-refractivity contribution in [2.45, 2.75) is 0 Å². The molecule has 1 aromatic carbocycles. The lowest BCUT2D eigenvalue weighted by Crippen LogP contribution is -1.77. The van der Waals surface area contributed by atoms with Gasteiger partial charge >= 0.3 is 0 Å². The highest BCUT2D eigenvalue weighted by atomic mass is 14.6. The Hall–Kier alpha value is -1.88. The van der Waals surface area contributed by atoms with Crippen molar-refractivity contribution in [2.75, 3.05) is 0 Å². The minimum absolute atomic E-state index is 0.253. The predicted molar refractivity (Wildman–Crippen MR) is 46.5 cm³/mol. The van der Waals surface area contributed by atoms with Crippen LogP contribution in [0, 0.1) is 11.3 Å². The molecule has 0 unspecified atom stereocenters. The molecule has 0 fully saturated rings. The van der Waals surface area contributed by atoms with Gasteiger partial charge in [0, 0.05) is 17.8 Å². The summed E-state index contributed by atoms with van der Waals surface area (Å²) in [6.07, 6.45) is 3.36. The standard InChI is InChI=1S/C10H6N2/c11-6-8-1-2-10-7-12-4-3-9(10)5-8/h1-5,7H/i1D. The molecule has 2 nitrogen and oxygen atoms in total. The molecule has 1 heterocycles. The Balaban J connectivity index is 2.83. The van der Waals surface area contributed by atoms with Gasteiger partial charge in [-0.1, -0.05) is 6.07 Å². The van der Waals surface area contributed by atoms with E-state index in [0.717, 1.165) is 10.8 Å². The van der Waals surface area contributed by atoms with Gasteiger partial charge in [0.05, 0.1) is 13.0 Å². The Kier molecular flexibility index (Phi) is 1.26. The van der Waals surface area contributed by atoms with Gasteiger partial charge in [0.15, 0.2) is 0 Å². The van der Waals surface area contributed by atoms with E-state index >= 15 is 0 Å². The largest absolute Gasteiger partial charge is 0.264 e. The van der Waals surface area contributed by atoms with Crippen LogP contribution in [0.5, 0.6) is 0 Å². The quantitative estimate of drug-likeness (QED) is 0.584. The van der Waals surface area contributed by atoms with E-state index in [4.69, 9.17) is 6.63 Å². The summed E-state index contributed by atoms with van der Waals surface area (Å²) >= 11 is 0. The van der Waals surface area contributed by atoms with Gasteiger partial charge in [-0.15, -0.1) is 0 Å². The summed E-state index contributed by atoms with van der Waals surface area (Å²) in [7, 11) is 0. The number of aromatic nitrogens is 1. The first kappa shape index (κ1) is 5.73. The first-order valence-electron chi connectivity index (χ1n) is 4.06. The van der Waals surface area contributed by atoms with Gasteiger partial charge in [-0.05, 0) is 23.6 Å². The topological polar surface area (TPSA) is 36.7 Å². The van der Waals surface area contributed by atoms with Crippen LogP contribution in [0.4, 0.5) is 0 Å². The van der Waals surface area contributed by atoms with Crippen LogP contribution < -0.4 is 0 Å². The second-order valence-electron chi connectivity index (χ2n) is 2.46. The molecule has 12 heavy (non-hydrogen) atoms. The highest BCUT2D eigenvalue weighted by Crippen LogP contribution is 2.13. The Morgan fingerprint density at radius 1 is 1.42 bits per heavy atom. The van der Waals surface area contributed by atoms with E-state index in [2.05, 4.69) is 4.98 Å². The van der Waals surface area contributed by atoms with E-state index in [9.17, 15) is 0 Å². The van der Waals surface area contributed by atoms with Crippen molar-refractivity contribution in [1.82, 2.24) is 4.98 Å². The van der Waals surface area contributed by atoms with Crippen molar-refractivity contribution < 1.29 is 1.37 Å². The van der Waals surface area contributed by atoms with Crippen molar-refractivity contribution in [3.63, 3.8) is 0 Å². The maximum Gasteiger partial charge on any atom is 0.0991 e. The Morgan fingerprint density at radius 2 is 2.33 bits per heavy atom. The molecule has 2 aromatic rings. The fourth-order valence-electron chi connectivity index (χ4n) is 1.09. The number of rotatable bonds is 0. The number of hydrogen-bond acceptors (Lipinski definition) is 2. The third-order valence-corrected chi connectivity index (χ3v) is 1.69. The Morgan fingerprint density at radius 3 is 3.17 bits per heavy atom. The monoisotopic (exact) mass is 155 g/mol. The minimum Gasteiger partial charge on any atom is -0.264 e. The average Bonchev–Trinajstić information content (AvgIpc) is 2.17. The van der Waals surface area contributed by atoms with E-state index in [1.54, 1.807) is 24.5 Å². The molecule has 2 heteroatoms. The molecule has 0 amide bonds. The molecular formula is C10H6N2. The molecule has 56 valence electrons. The fraction of sp³-hybridized carbons (Fsp3) is 0. The Labute approximate surface area is 71.5 Å². The van der Waals surface area contributed by atoms with E-state index < -0.39 is 0 Å². The maximum atomic E-state index is 8.69. The zero-order chi connectivity index (χ0) is 9.26. The second-order valence-corrected chi connectivity index (χ2v) is 2.46. The molecule has 1 aromatic heterocycles. The van der Waals surface area contributed by atoms with E-state index in [-0.39, 0.29) is 6.04 Å². The molecule has 0 saturated heterocycles. The van der Waals surface area contributed by atoms with E-state index in [0.29, 0.717) is 5.56 Å². The molecule has 0 bridgehead atoms. The van der Waals surface area contributed by atoms with Crippen LogP contribution in [0.3, 0.4) is 0 Å². The van der Waals surface area contributed by atoms with Crippen molar-refractivity contribution in [2.24, 2.45) is 0 Å². The molecule has 0 aliphatic carbocycles. The van der Waals surface area contributed by atoms with Gasteiger partial charge in [0.2, 0.25) is 0 Å². The van der Waals surface area contributed by atoms with E-state index in [1.807, 2.05) is 12.1 Å². The lowest BCUT2D eigenvalue weighted by Gasteiger charge is -1.94. The van der Waals surface area contributed by atoms with Crippen molar-refractivity contribution in [3.05, 3.63) is 42.2 Å². The molecule has 2 rings (SSSR count). The first-order chi connectivity index (χ1) is 6.31. The number of hydrogen-bond donors (Lipinski definition) is 0. The lowest BCUT2D eigenvalue weighted by atomic mass is 10.1. The summed E-state index contributed by atoms with van der Waals surface area (Å²) in [6, 6.07) is 7.42. The summed E-state index contributed by atoms with van der Waals surface area (Å²) in [5.74, 6) is 0. The molecular weight excluding hydrogens is 148 g/mol. The minimum atomic E-state index is 0.253. The van der Waals surface area contributed by atoms with Gasteiger partial charge in [0.25, 0.3) is 0 Å². The molecule has 0 saturated carbocycles. The summed E-state index contributed by atoms with van der Waals surface area (Å²) in [5.41, 5.74) is 0.402. The molecule has 0 aliphatic rings. The summed E-state index contributed by atoms with van der Waals surface area (Å²) < 4.78 is 7.50. The van der Waals surface area contributed by atoms with Gasteiger partial charge in [0.1, 0.15) is 0 Å². The average molecular weight is 155 g/mol. The maximum absolute atomic E-state index is 8.69. The van der Waals surface area contributed by atoms with Crippen LogP contribution in [0.1, 0.15) is 6.93 Å². The summed E-state index contributed by atoms with van der Waals surface area (Å²) in [6.45, 7) is 0. The third-order valence-electron chi connectivity index (χ3n) is 1.69. The normalized spacial score (nSPS) is 10.8. The van der Waals surface area contributed by atoms with Crippen LogP contribution in [-0.4, -0.2) is 4.98 Å². The van der Waals surface area contributed by atoms with Crippen LogP contribution in [0.15, 0.2) is 36.6 Å². The summed E-state index contributed by atoms with van der Waals surface area (Å²) in [4.78, 5) is 3.94. The van der Waals surface area contributed by atoms with Crippen molar-refractivity contribution in [3.8, 4) is 6.07 Å². The van der Waals surface area contributed by atoms with Crippen molar-refractivity contribution >= 4 is 10.8 Å². The highest BCUT2D eigenvalue weighted by Gasteiger charge is 1.93. The lowest BCUT2D eigenvalue weighted by molar-refractivity contribution is 1.36. The van der Waals surface area contributed by atoms with Gasteiger partial charge < -0.3 is 0 Å². The predicted octanol–water partition coefficient (Wildman–Crippen LogP) is 2.11. The molecule has 0 aliphatic heterocycles. The van der Waals surface area contributed by atoms with Crippen LogP contribution in [0.25, 0.3) is 10.8 Å². The highest BCUT2D eigenvalue weighted by molar-refractivity contribution is 5.82. The molecule has 0 radical (unpaired) electrons. The van der Waals surface area contributed by atoms with Crippen LogP contribution >= 0.6 is 0 Å². The van der Waals surface area contributed by atoms with Crippen LogP contribution in [-0.2, 0) is 0 Å². The molecule has 0 N–H and O–H groups in total. The SMILES string of the molecule is [2H]c1cc2cnccc2cc1C#N. The number of benzene rings is 1. The van der Waals surface area contributed by atoms with Gasteiger partial charge in [-0.3, -0.25) is 4.98 Å². The molecule has 0 spiro atoms. The number of nitrogens with zero attached hydrogens (tertiary/aromatic N) is 2.